The molecule has 0 heterocycles. The smallest absolute Gasteiger partial charge is 0.339 e. The summed E-state index contributed by atoms with van der Waals surface area (Å²) in [4.78, 5) is 25.4. The number of esters is 2. The van der Waals surface area contributed by atoms with Gasteiger partial charge in [-0.05, 0) is 30.9 Å². The molecule has 1 aromatic rings. The molecule has 5 nitrogen and oxygen atoms in total. The highest BCUT2D eigenvalue weighted by atomic mass is 16.5. The fraction of sp³-hybridized carbons (Fsp3) is 0.692. The topological polar surface area (TPSA) is 72.8 Å². The van der Waals surface area contributed by atoms with Gasteiger partial charge >= 0.3 is 11.9 Å². The SMILES string of the molecule is CCCCCCCCOC(=O)c1cccc(CCO)c1C(=O)OCCCCCCCC. The minimum absolute atomic E-state index is 0.103. The Labute approximate surface area is 188 Å². The first-order chi connectivity index (χ1) is 15.2. The van der Waals surface area contributed by atoms with E-state index in [4.69, 9.17) is 9.47 Å². The Morgan fingerprint density at radius 3 is 1.81 bits per heavy atom. The highest BCUT2D eigenvalue weighted by Gasteiger charge is 2.23. The predicted molar refractivity (Wildman–Crippen MR) is 125 cm³/mol. The van der Waals surface area contributed by atoms with Crippen molar-refractivity contribution in [1.82, 2.24) is 0 Å². The number of carbonyl (C=O) groups is 2. The molecule has 0 spiro atoms. The Kier molecular flexibility index (Phi) is 15.6. The van der Waals surface area contributed by atoms with Gasteiger partial charge < -0.3 is 14.6 Å². The average molecular weight is 435 g/mol. The van der Waals surface area contributed by atoms with Crippen LogP contribution >= 0.6 is 0 Å². The summed E-state index contributed by atoms with van der Waals surface area (Å²) in [5.74, 6) is -1.01. The molecule has 0 aliphatic heterocycles. The van der Waals surface area contributed by atoms with Crippen molar-refractivity contribution in [3.8, 4) is 0 Å². The average Bonchev–Trinajstić information content (AvgIpc) is 2.77. The first-order valence-electron chi connectivity index (χ1n) is 12.2. The molecule has 0 aromatic heterocycles. The van der Waals surface area contributed by atoms with Crippen LogP contribution in [0.2, 0.25) is 0 Å². The number of unbranched alkanes of at least 4 members (excludes halogenated alkanes) is 10. The zero-order valence-electron chi connectivity index (χ0n) is 19.6. The lowest BCUT2D eigenvalue weighted by Crippen LogP contribution is -2.18. The zero-order valence-corrected chi connectivity index (χ0v) is 19.6. The molecule has 31 heavy (non-hydrogen) atoms. The van der Waals surface area contributed by atoms with Gasteiger partial charge in [0.15, 0.2) is 0 Å². The van der Waals surface area contributed by atoms with E-state index >= 15 is 0 Å². The fourth-order valence-electron chi connectivity index (χ4n) is 3.58. The number of rotatable bonds is 18. The van der Waals surface area contributed by atoms with E-state index in [0.717, 1.165) is 38.5 Å². The molecule has 0 atom stereocenters. The van der Waals surface area contributed by atoms with Crippen LogP contribution in [0, 0.1) is 0 Å². The predicted octanol–water partition coefficient (Wildman–Crippen LogP) is 6.26. The largest absolute Gasteiger partial charge is 0.462 e. The number of aliphatic hydroxyl groups excluding tert-OH is 1. The Morgan fingerprint density at radius 1 is 0.742 bits per heavy atom. The van der Waals surface area contributed by atoms with E-state index in [1.54, 1.807) is 18.2 Å². The summed E-state index contributed by atoms with van der Waals surface area (Å²) in [7, 11) is 0. The lowest BCUT2D eigenvalue weighted by Gasteiger charge is -2.14. The van der Waals surface area contributed by atoms with Crippen LogP contribution in [0.3, 0.4) is 0 Å². The molecule has 5 heteroatoms. The fourth-order valence-corrected chi connectivity index (χ4v) is 3.58. The lowest BCUT2D eigenvalue weighted by molar-refractivity contribution is 0.0449. The van der Waals surface area contributed by atoms with E-state index in [2.05, 4.69) is 13.8 Å². The molecule has 176 valence electrons. The molecule has 0 bridgehead atoms. The minimum Gasteiger partial charge on any atom is -0.462 e. The molecular formula is C26H42O5. The van der Waals surface area contributed by atoms with E-state index in [0.29, 0.717) is 25.2 Å². The first kappa shape index (κ1) is 27.2. The highest BCUT2D eigenvalue weighted by molar-refractivity contribution is 6.04. The molecule has 1 rings (SSSR count). The molecule has 0 unspecified atom stereocenters. The first-order valence-corrected chi connectivity index (χ1v) is 12.2. The van der Waals surface area contributed by atoms with Crippen molar-refractivity contribution in [2.75, 3.05) is 19.8 Å². The van der Waals surface area contributed by atoms with Crippen LogP contribution < -0.4 is 0 Å². The number of benzene rings is 1. The standard InChI is InChI=1S/C26H42O5/c1-3-5-7-9-11-13-20-30-25(28)23-17-15-16-22(18-19-27)24(23)26(29)31-21-14-12-10-8-6-4-2/h15-17,27H,3-14,18-21H2,1-2H3. The number of aliphatic hydroxyl groups is 1. The monoisotopic (exact) mass is 434 g/mol. The zero-order chi connectivity index (χ0) is 22.7. The maximum absolute atomic E-state index is 12.8. The van der Waals surface area contributed by atoms with Crippen molar-refractivity contribution in [2.24, 2.45) is 0 Å². The van der Waals surface area contributed by atoms with Crippen LogP contribution in [-0.4, -0.2) is 36.9 Å². The van der Waals surface area contributed by atoms with Gasteiger partial charge in [-0.15, -0.1) is 0 Å². The molecular weight excluding hydrogens is 392 g/mol. The van der Waals surface area contributed by atoms with Gasteiger partial charge in [0, 0.05) is 6.61 Å². The van der Waals surface area contributed by atoms with Gasteiger partial charge in [-0.3, -0.25) is 0 Å². The Morgan fingerprint density at radius 2 is 1.26 bits per heavy atom. The summed E-state index contributed by atoms with van der Waals surface area (Å²) in [6.45, 7) is 4.95. The summed E-state index contributed by atoms with van der Waals surface area (Å²) in [6, 6.07) is 5.07. The molecule has 0 amide bonds. The second kappa shape index (κ2) is 17.8. The highest BCUT2D eigenvalue weighted by Crippen LogP contribution is 2.19. The Hall–Kier alpha value is -1.88. The van der Waals surface area contributed by atoms with Gasteiger partial charge in [-0.1, -0.05) is 90.2 Å². The van der Waals surface area contributed by atoms with Gasteiger partial charge in [-0.25, -0.2) is 9.59 Å². The molecule has 0 radical (unpaired) electrons. The van der Waals surface area contributed by atoms with Gasteiger partial charge in [0.1, 0.15) is 0 Å². The maximum atomic E-state index is 12.8. The van der Waals surface area contributed by atoms with Crippen LogP contribution in [0.5, 0.6) is 0 Å². The molecule has 0 fully saturated rings. The van der Waals surface area contributed by atoms with Crippen LogP contribution in [0.15, 0.2) is 18.2 Å². The third kappa shape index (κ3) is 11.3. The minimum atomic E-state index is -0.510. The van der Waals surface area contributed by atoms with Gasteiger partial charge in [0.25, 0.3) is 0 Å². The Bertz CT molecular complexity index is 626. The van der Waals surface area contributed by atoms with Crippen molar-refractivity contribution in [3.63, 3.8) is 0 Å². The maximum Gasteiger partial charge on any atom is 0.339 e. The third-order valence-electron chi connectivity index (χ3n) is 5.42. The van der Waals surface area contributed by atoms with Gasteiger partial charge in [0.2, 0.25) is 0 Å². The number of carbonyl (C=O) groups excluding carboxylic acids is 2. The normalized spacial score (nSPS) is 10.8. The van der Waals surface area contributed by atoms with Crippen LogP contribution in [0.4, 0.5) is 0 Å². The summed E-state index contributed by atoms with van der Waals surface area (Å²) < 4.78 is 10.9. The summed E-state index contributed by atoms with van der Waals surface area (Å²) >= 11 is 0. The van der Waals surface area contributed by atoms with Gasteiger partial charge in [-0.2, -0.15) is 0 Å². The van der Waals surface area contributed by atoms with Crippen molar-refractivity contribution >= 4 is 11.9 Å². The van der Waals surface area contributed by atoms with E-state index in [9.17, 15) is 14.7 Å². The van der Waals surface area contributed by atoms with E-state index in [-0.39, 0.29) is 17.7 Å². The van der Waals surface area contributed by atoms with Gasteiger partial charge in [0.05, 0.1) is 24.3 Å². The molecule has 1 aromatic carbocycles. The van der Waals surface area contributed by atoms with E-state index < -0.39 is 11.9 Å². The summed E-state index contributed by atoms with van der Waals surface area (Å²) in [5, 5.41) is 9.37. The van der Waals surface area contributed by atoms with Crippen LogP contribution in [0.1, 0.15) is 117 Å². The molecule has 1 N–H and O–H groups in total. The lowest BCUT2D eigenvalue weighted by atomic mass is 9.99. The second-order valence-corrected chi connectivity index (χ2v) is 8.12. The third-order valence-corrected chi connectivity index (χ3v) is 5.42. The Balaban J connectivity index is 2.62. The summed E-state index contributed by atoms with van der Waals surface area (Å²) in [6.07, 6.45) is 13.6. The molecule has 0 aliphatic rings. The quantitative estimate of drug-likeness (QED) is 0.218. The van der Waals surface area contributed by atoms with Crippen molar-refractivity contribution in [1.29, 1.82) is 0 Å². The van der Waals surface area contributed by atoms with Crippen molar-refractivity contribution < 1.29 is 24.2 Å². The summed E-state index contributed by atoms with van der Waals surface area (Å²) in [5.41, 5.74) is 1.07. The van der Waals surface area contributed by atoms with Crippen LogP contribution in [-0.2, 0) is 15.9 Å². The second-order valence-electron chi connectivity index (χ2n) is 8.12. The van der Waals surface area contributed by atoms with Crippen molar-refractivity contribution in [3.05, 3.63) is 34.9 Å². The molecule has 0 saturated heterocycles. The number of hydrogen-bond donors (Lipinski definition) is 1. The van der Waals surface area contributed by atoms with Crippen LogP contribution in [0.25, 0.3) is 0 Å². The number of hydrogen-bond acceptors (Lipinski definition) is 5. The molecule has 0 saturated carbocycles. The number of ether oxygens (including phenoxy) is 2. The van der Waals surface area contributed by atoms with E-state index in [1.807, 2.05) is 0 Å². The van der Waals surface area contributed by atoms with E-state index in [1.165, 1.54) is 38.5 Å². The van der Waals surface area contributed by atoms with Crippen molar-refractivity contribution in [2.45, 2.75) is 97.3 Å². The molecule has 0 aliphatic carbocycles.